The maximum atomic E-state index is 12.4. The quantitative estimate of drug-likeness (QED) is 0.693. The molecule has 0 aromatic carbocycles. The number of nitrogens with one attached hydrogen (secondary N) is 1. The minimum Gasteiger partial charge on any atom is -0.376 e. The second-order valence-electron chi connectivity index (χ2n) is 8.02. The number of carbonyl (C=O) groups excluding carboxylic acids is 2. The smallest absolute Gasteiger partial charge is 0.223 e. The predicted octanol–water partition coefficient (Wildman–Crippen LogP) is 1.72. The first-order chi connectivity index (χ1) is 13.2. The number of rotatable bonds is 8. The van der Waals surface area contributed by atoms with Gasteiger partial charge in [-0.3, -0.25) is 14.4 Å². The highest BCUT2D eigenvalue weighted by Crippen LogP contribution is 2.22. The Hall–Kier alpha value is -1.18. The van der Waals surface area contributed by atoms with Gasteiger partial charge in [-0.2, -0.15) is 5.06 Å². The van der Waals surface area contributed by atoms with Crippen LogP contribution in [-0.4, -0.2) is 73.8 Å². The molecule has 7 nitrogen and oxygen atoms in total. The van der Waals surface area contributed by atoms with Crippen LogP contribution < -0.4 is 5.32 Å². The molecule has 2 amide bonds. The molecule has 7 heteroatoms. The normalized spacial score (nSPS) is 24.9. The summed E-state index contributed by atoms with van der Waals surface area (Å²) in [5.41, 5.74) is 0. The SMILES string of the molecule is O=C(CCC1CCN(C(=O)CCN2CCCCO2)CC1)NC[C@@H]1CCCO1. The van der Waals surface area contributed by atoms with E-state index in [1.54, 1.807) is 0 Å². The van der Waals surface area contributed by atoms with Crippen molar-refractivity contribution in [2.45, 2.75) is 63.9 Å². The molecule has 3 aliphatic heterocycles. The third-order valence-electron chi connectivity index (χ3n) is 5.95. The molecule has 154 valence electrons. The van der Waals surface area contributed by atoms with Crippen LogP contribution in [0.25, 0.3) is 0 Å². The molecule has 1 N–H and O–H groups in total. The fraction of sp³-hybridized carbons (Fsp3) is 0.900. The molecule has 3 aliphatic rings. The van der Waals surface area contributed by atoms with E-state index < -0.39 is 0 Å². The van der Waals surface area contributed by atoms with Gasteiger partial charge >= 0.3 is 0 Å². The van der Waals surface area contributed by atoms with Gasteiger partial charge in [0, 0.05) is 52.2 Å². The maximum Gasteiger partial charge on any atom is 0.223 e. The zero-order valence-electron chi connectivity index (χ0n) is 16.5. The fourth-order valence-electron chi connectivity index (χ4n) is 4.13. The Balaban J connectivity index is 1.24. The molecule has 3 heterocycles. The number of hydrogen-bond acceptors (Lipinski definition) is 5. The van der Waals surface area contributed by atoms with Crippen LogP contribution in [0.15, 0.2) is 0 Å². The van der Waals surface area contributed by atoms with Crippen molar-refractivity contribution in [1.82, 2.24) is 15.3 Å². The summed E-state index contributed by atoms with van der Waals surface area (Å²) in [5.74, 6) is 0.912. The van der Waals surface area contributed by atoms with Gasteiger partial charge in [0.15, 0.2) is 0 Å². The average Bonchev–Trinajstić information content (AvgIpc) is 3.24. The summed E-state index contributed by atoms with van der Waals surface area (Å²) in [4.78, 5) is 31.9. The van der Waals surface area contributed by atoms with Gasteiger partial charge in [-0.05, 0) is 50.9 Å². The Kier molecular flexibility index (Phi) is 8.35. The van der Waals surface area contributed by atoms with Crippen LogP contribution in [0.5, 0.6) is 0 Å². The van der Waals surface area contributed by atoms with Gasteiger partial charge in [0.25, 0.3) is 0 Å². The van der Waals surface area contributed by atoms with Crippen LogP contribution in [-0.2, 0) is 19.2 Å². The van der Waals surface area contributed by atoms with Crippen molar-refractivity contribution in [1.29, 1.82) is 0 Å². The summed E-state index contributed by atoms with van der Waals surface area (Å²) in [6.45, 7) is 5.52. The van der Waals surface area contributed by atoms with E-state index in [0.29, 0.717) is 31.8 Å². The minimum atomic E-state index is 0.130. The van der Waals surface area contributed by atoms with Gasteiger partial charge < -0.3 is 15.0 Å². The molecule has 0 aliphatic carbocycles. The lowest BCUT2D eigenvalue weighted by Gasteiger charge is -2.33. The lowest BCUT2D eigenvalue weighted by Crippen LogP contribution is -2.41. The topological polar surface area (TPSA) is 71.1 Å². The molecular weight excluding hydrogens is 346 g/mol. The summed E-state index contributed by atoms with van der Waals surface area (Å²) < 4.78 is 5.53. The first kappa shape index (κ1) is 20.6. The molecule has 3 saturated heterocycles. The van der Waals surface area contributed by atoms with E-state index in [0.717, 1.165) is 77.8 Å². The van der Waals surface area contributed by atoms with Gasteiger partial charge in [0.05, 0.1) is 12.7 Å². The van der Waals surface area contributed by atoms with Crippen molar-refractivity contribution in [3.05, 3.63) is 0 Å². The van der Waals surface area contributed by atoms with Gasteiger partial charge in [-0.1, -0.05) is 0 Å². The van der Waals surface area contributed by atoms with Gasteiger partial charge in [0.2, 0.25) is 11.8 Å². The third-order valence-corrected chi connectivity index (χ3v) is 5.95. The number of carbonyl (C=O) groups is 2. The van der Waals surface area contributed by atoms with E-state index in [-0.39, 0.29) is 17.9 Å². The van der Waals surface area contributed by atoms with Gasteiger partial charge in [-0.25, -0.2) is 0 Å². The molecule has 0 saturated carbocycles. The number of hydrogen-bond donors (Lipinski definition) is 1. The largest absolute Gasteiger partial charge is 0.376 e. The predicted molar refractivity (Wildman–Crippen MR) is 102 cm³/mol. The highest BCUT2D eigenvalue weighted by atomic mass is 16.7. The molecule has 0 bridgehead atoms. The first-order valence-electron chi connectivity index (χ1n) is 10.7. The molecule has 0 spiro atoms. The number of piperidine rings is 1. The number of nitrogens with zero attached hydrogens (tertiary/aromatic N) is 2. The average molecular weight is 382 g/mol. The maximum absolute atomic E-state index is 12.4. The van der Waals surface area contributed by atoms with Crippen LogP contribution in [0.3, 0.4) is 0 Å². The summed E-state index contributed by atoms with van der Waals surface area (Å²) in [7, 11) is 0. The lowest BCUT2D eigenvalue weighted by molar-refractivity contribution is -0.182. The van der Waals surface area contributed by atoms with Crippen LogP contribution >= 0.6 is 0 Å². The second-order valence-corrected chi connectivity index (χ2v) is 8.02. The third kappa shape index (κ3) is 7.05. The monoisotopic (exact) mass is 381 g/mol. The number of ether oxygens (including phenoxy) is 1. The number of amides is 2. The van der Waals surface area contributed by atoms with Crippen LogP contribution in [0.1, 0.15) is 57.8 Å². The second kappa shape index (κ2) is 11.0. The summed E-state index contributed by atoms with van der Waals surface area (Å²) in [5, 5.41) is 4.93. The molecular formula is C20H35N3O4. The summed E-state index contributed by atoms with van der Waals surface area (Å²) in [6, 6.07) is 0. The minimum absolute atomic E-state index is 0.130. The van der Waals surface area contributed by atoms with Crippen LogP contribution in [0.4, 0.5) is 0 Å². The van der Waals surface area contributed by atoms with Crippen LogP contribution in [0, 0.1) is 5.92 Å². The molecule has 27 heavy (non-hydrogen) atoms. The molecule has 0 aromatic heterocycles. The van der Waals surface area contributed by atoms with Crippen molar-refractivity contribution in [2.24, 2.45) is 5.92 Å². The first-order valence-corrected chi connectivity index (χ1v) is 10.7. The van der Waals surface area contributed by atoms with E-state index in [4.69, 9.17) is 9.57 Å². The Labute approximate surface area is 162 Å². The van der Waals surface area contributed by atoms with Crippen molar-refractivity contribution in [3.8, 4) is 0 Å². The zero-order chi connectivity index (χ0) is 18.9. The summed E-state index contributed by atoms with van der Waals surface area (Å²) in [6.07, 6.45) is 8.67. The van der Waals surface area contributed by atoms with E-state index in [1.165, 1.54) is 0 Å². The Morgan fingerprint density at radius 3 is 2.52 bits per heavy atom. The number of likely N-dealkylation sites (tertiary alicyclic amines) is 1. The Bertz CT molecular complexity index is 468. The molecule has 3 fully saturated rings. The van der Waals surface area contributed by atoms with Gasteiger partial charge in [-0.15, -0.1) is 0 Å². The standard InChI is InChI=1S/C20H35N3O4/c24-19(21-16-18-4-3-14-26-18)6-5-17-7-11-22(12-8-17)20(25)9-13-23-10-1-2-15-27-23/h17-18H,1-16H2,(H,21,24)/t18-/m0/s1. The zero-order valence-corrected chi connectivity index (χ0v) is 16.5. The summed E-state index contributed by atoms with van der Waals surface area (Å²) >= 11 is 0. The lowest BCUT2D eigenvalue weighted by atomic mass is 9.92. The van der Waals surface area contributed by atoms with Gasteiger partial charge in [0.1, 0.15) is 0 Å². The van der Waals surface area contributed by atoms with Crippen molar-refractivity contribution >= 4 is 11.8 Å². The fourth-order valence-corrected chi connectivity index (χ4v) is 4.13. The molecule has 1 atom stereocenters. The molecule has 0 aromatic rings. The Morgan fingerprint density at radius 1 is 0.963 bits per heavy atom. The molecule has 3 rings (SSSR count). The molecule has 0 unspecified atom stereocenters. The van der Waals surface area contributed by atoms with E-state index >= 15 is 0 Å². The number of hydroxylamine groups is 2. The van der Waals surface area contributed by atoms with Crippen LogP contribution in [0.2, 0.25) is 0 Å². The van der Waals surface area contributed by atoms with E-state index in [1.807, 2.05) is 9.96 Å². The highest BCUT2D eigenvalue weighted by molar-refractivity contribution is 5.76. The van der Waals surface area contributed by atoms with Crippen molar-refractivity contribution in [3.63, 3.8) is 0 Å². The molecule has 0 radical (unpaired) electrons. The van der Waals surface area contributed by atoms with E-state index in [2.05, 4.69) is 5.32 Å². The van der Waals surface area contributed by atoms with E-state index in [9.17, 15) is 9.59 Å². The van der Waals surface area contributed by atoms with Crippen molar-refractivity contribution in [2.75, 3.05) is 45.9 Å². The van der Waals surface area contributed by atoms with Crippen molar-refractivity contribution < 1.29 is 19.2 Å². The Morgan fingerprint density at radius 2 is 1.81 bits per heavy atom. The highest BCUT2D eigenvalue weighted by Gasteiger charge is 2.24.